The number of halogens is 1. The first-order valence-corrected chi connectivity index (χ1v) is 5.70. The Morgan fingerprint density at radius 3 is 2.29 bits per heavy atom. The summed E-state index contributed by atoms with van der Waals surface area (Å²) >= 11 is 1.81. The molecular weight excluding hydrogens is 254 g/mol. The van der Waals surface area contributed by atoms with Gasteiger partial charge in [-0.1, -0.05) is 41.7 Å². The number of benzene rings is 1. The van der Waals surface area contributed by atoms with E-state index >= 15 is 0 Å². The molecule has 2 N–H and O–H groups in total. The molecule has 88 valence electrons. The number of hydrogen-bond acceptors (Lipinski definition) is 1. The van der Waals surface area contributed by atoms with Crippen LogP contribution in [-0.2, 0) is 0 Å². The molecule has 0 amide bonds. The van der Waals surface area contributed by atoms with Crippen LogP contribution >= 0.6 is 11.3 Å². The van der Waals surface area contributed by atoms with Gasteiger partial charge in [-0.15, -0.1) is 0 Å². The average Bonchev–Trinajstić information content (AvgIpc) is 2.74. The summed E-state index contributed by atoms with van der Waals surface area (Å²) in [6, 6.07) is 16.7. The minimum Gasteiger partial charge on any atom is -1.00 e. The van der Waals surface area contributed by atoms with Crippen LogP contribution in [0.3, 0.4) is 0 Å². The van der Waals surface area contributed by atoms with Crippen molar-refractivity contribution in [1.82, 2.24) is 0 Å². The molecule has 0 atom stereocenters. The Kier molecular flexibility index (Phi) is 4.63. The van der Waals surface area contributed by atoms with Crippen LogP contribution in [0.15, 0.2) is 60.9 Å². The van der Waals surface area contributed by atoms with E-state index in [1.54, 1.807) is 0 Å². The van der Waals surface area contributed by atoms with E-state index in [1.807, 2.05) is 17.4 Å². The average molecular weight is 266 g/mol. The molecular formula is C13H12ClNOS. The number of thiazole rings is 1. The van der Waals surface area contributed by atoms with Gasteiger partial charge in [-0.3, -0.25) is 0 Å². The molecule has 0 radical (unpaired) electrons. The molecule has 3 rings (SSSR count). The van der Waals surface area contributed by atoms with Gasteiger partial charge in [-0.25, -0.2) is 0 Å². The van der Waals surface area contributed by atoms with Crippen LogP contribution in [0.1, 0.15) is 0 Å². The van der Waals surface area contributed by atoms with Crippen LogP contribution in [0.5, 0.6) is 0 Å². The molecule has 0 aliphatic carbocycles. The molecule has 0 aliphatic rings. The quantitative estimate of drug-likeness (QED) is 0.524. The highest BCUT2D eigenvalue weighted by molar-refractivity contribution is 7.20. The molecule has 0 aliphatic heterocycles. The van der Waals surface area contributed by atoms with Crippen molar-refractivity contribution in [2.24, 2.45) is 0 Å². The predicted octanol–water partition coefficient (Wildman–Crippen LogP) is -0.667. The predicted molar refractivity (Wildman–Crippen MR) is 66.5 cm³/mol. The van der Waals surface area contributed by atoms with Crippen molar-refractivity contribution >= 4 is 16.2 Å². The van der Waals surface area contributed by atoms with E-state index in [2.05, 4.69) is 59.3 Å². The van der Waals surface area contributed by atoms with E-state index in [4.69, 9.17) is 0 Å². The monoisotopic (exact) mass is 265 g/mol. The van der Waals surface area contributed by atoms with Gasteiger partial charge in [0.2, 0.25) is 0 Å². The molecule has 0 saturated carbocycles. The van der Waals surface area contributed by atoms with Crippen LogP contribution in [-0.4, -0.2) is 5.48 Å². The molecule has 0 saturated heterocycles. The molecule has 0 spiro atoms. The maximum atomic E-state index is 2.18. The molecule has 2 aromatic heterocycles. The Balaban J connectivity index is 0.000000722. The van der Waals surface area contributed by atoms with Gasteiger partial charge >= 0.3 is 0 Å². The molecule has 0 fully saturated rings. The van der Waals surface area contributed by atoms with Crippen molar-refractivity contribution in [2.45, 2.75) is 0 Å². The number of hydrogen-bond donors (Lipinski definition) is 0. The first-order chi connectivity index (χ1) is 7.43. The minimum absolute atomic E-state index is 0. The third kappa shape index (κ3) is 2.64. The summed E-state index contributed by atoms with van der Waals surface area (Å²) in [5.41, 5.74) is 1.28. The molecule has 3 aromatic rings. The highest BCUT2D eigenvalue weighted by atomic mass is 35.5. The van der Waals surface area contributed by atoms with E-state index in [9.17, 15) is 0 Å². The number of rotatable bonds is 1. The minimum atomic E-state index is 0. The molecule has 4 heteroatoms. The Morgan fingerprint density at radius 2 is 1.59 bits per heavy atom. The lowest BCUT2D eigenvalue weighted by atomic mass is 10.2. The second kappa shape index (κ2) is 5.77. The van der Waals surface area contributed by atoms with Crippen LogP contribution in [0.4, 0.5) is 0 Å². The second-order valence-corrected chi connectivity index (χ2v) is 4.47. The van der Waals surface area contributed by atoms with E-state index < -0.39 is 0 Å². The fourth-order valence-electron chi connectivity index (χ4n) is 1.63. The zero-order chi connectivity index (χ0) is 10.1. The van der Waals surface area contributed by atoms with Gasteiger partial charge < -0.3 is 17.9 Å². The third-order valence-corrected chi connectivity index (χ3v) is 3.50. The van der Waals surface area contributed by atoms with Gasteiger partial charge in [0.05, 0.1) is 0 Å². The maximum Gasteiger partial charge on any atom is 0.267 e. The van der Waals surface area contributed by atoms with Gasteiger partial charge in [-0.2, -0.15) is 4.40 Å². The summed E-state index contributed by atoms with van der Waals surface area (Å²) in [7, 11) is 0. The Bertz CT molecular complexity index is 561. The fraction of sp³-hybridized carbons (Fsp3) is 0. The second-order valence-electron chi connectivity index (χ2n) is 3.41. The number of nitrogens with zero attached hydrogens (tertiary/aromatic N) is 1. The van der Waals surface area contributed by atoms with Gasteiger partial charge in [0.1, 0.15) is 4.88 Å². The standard InChI is InChI=1S/C13H10NS.ClH.H2O/c1-2-6-11(7-3-1)12-10-14-9-5-4-8-13(14)15-12;;/h1-10H;1H;1H2/q+1;;/p-1. The summed E-state index contributed by atoms with van der Waals surface area (Å²) in [6.07, 6.45) is 4.26. The first-order valence-electron chi connectivity index (χ1n) is 4.89. The van der Waals surface area contributed by atoms with Gasteiger partial charge in [0, 0.05) is 12.1 Å². The van der Waals surface area contributed by atoms with Crippen LogP contribution < -0.4 is 16.8 Å². The fourth-order valence-corrected chi connectivity index (χ4v) is 2.65. The summed E-state index contributed by atoms with van der Waals surface area (Å²) in [6.45, 7) is 0. The van der Waals surface area contributed by atoms with E-state index in [0.29, 0.717) is 0 Å². The third-order valence-electron chi connectivity index (χ3n) is 2.38. The van der Waals surface area contributed by atoms with Gasteiger partial charge in [0.25, 0.3) is 4.83 Å². The summed E-state index contributed by atoms with van der Waals surface area (Å²) < 4.78 is 2.16. The zero-order valence-electron chi connectivity index (χ0n) is 9.01. The van der Waals surface area contributed by atoms with Crippen molar-refractivity contribution < 1.29 is 22.3 Å². The van der Waals surface area contributed by atoms with Gasteiger partial charge in [-0.05, 0) is 11.6 Å². The van der Waals surface area contributed by atoms with E-state index in [-0.39, 0.29) is 17.9 Å². The Morgan fingerprint density at radius 1 is 0.882 bits per heavy atom. The molecule has 0 bridgehead atoms. The van der Waals surface area contributed by atoms with Crippen molar-refractivity contribution in [1.29, 1.82) is 0 Å². The van der Waals surface area contributed by atoms with Crippen LogP contribution in [0, 0.1) is 0 Å². The Hall–Kier alpha value is -1.42. The van der Waals surface area contributed by atoms with E-state index in [1.165, 1.54) is 15.3 Å². The largest absolute Gasteiger partial charge is 1.00 e. The Labute approximate surface area is 110 Å². The van der Waals surface area contributed by atoms with Crippen LogP contribution in [0.2, 0.25) is 0 Å². The van der Waals surface area contributed by atoms with Crippen molar-refractivity contribution in [3.63, 3.8) is 0 Å². The molecule has 0 unspecified atom stereocenters. The molecule has 17 heavy (non-hydrogen) atoms. The number of aromatic nitrogens is 1. The van der Waals surface area contributed by atoms with Crippen molar-refractivity contribution in [2.75, 3.05) is 0 Å². The van der Waals surface area contributed by atoms with Crippen LogP contribution in [0.25, 0.3) is 15.3 Å². The maximum absolute atomic E-state index is 2.18. The number of fused-ring (bicyclic) bond motifs is 1. The molecule has 2 heterocycles. The summed E-state index contributed by atoms with van der Waals surface area (Å²) in [5, 5.41) is 0. The number of pyridine rings is 1. The van der Waals surface area contributed by atoms with Crippen molar-refractivity contribution in [3.8, 4) is 10.4 Å². The lowest BCUT2D eigenvalue weighted by Crippen LogP contribution is -3.00. The lowest BCUT2D eigenvalue weighted by Gasteiger charge is -1.90. The zero-order valence-corrected chi connectivity index (χ0v) is 10.6. The first kappa shape index (κ1) is 13.6. The van der Waals surface area contributed by atoms with Crippen molar-refractivity contribution in [3.05, 3.63) is 60.9 Å². The highest BCUT2D eigenvalue weighted by Crippen LogP contribution is 2.24. The summed E-state index contributed by atoms with van der Waals surface area (Å²) in [5.74, 6) is 0. The lowest BCUT2D eigenvalue weighted by molar-refractivity contribution is -0.506. The molecule has 2 nitrogen and oxygen atoms in total. The SMILES string of the molecule is O.[Cl-].c1ccc(-c2c[n+]3ccccc3s2)cc1. The normalized spacial score (nSPS) is 9.41. The highest BCUT2D eigenvalue weighted by Gasteiger charge is 2.09. The topological polar surface area (TPSA) is 35.6 Å². The summed E-state index contributed by atoms with van der Waals surface area (Å²) in [4.78, 5) is 2.58. The smallest absolute Gasteiger partial charge is 0.267 e. The van der Waals surface area contributed by atoms with E-state index in [0.717, 1.165) is 0 Å². The van der Waals surface area contributed by atoms with Gasteiger partial charge in [0.15, 0.2) is 12.4 Å². The molecule has 1 aromatic carbocycles.